The van der Waals surface area contributed by atoms with Crippen molar-refractivity contribution < 1.29 is 13.9 Å². The number of nitriles is 1. The predicted molar refractivity (Wildman–Crippen MR) is 86.2 cm³/mol. The van der Waals surface area contributed by atoms with E-state index in [0.717, 1.165) is 5.56 Å². The molecule has 0 aliphatic heterocycles. The maximum absolute atomic E-state index is 14.3. The summed E-state index contributed by atoms with van der Waals surface area (Å²) in [6.07, 6.45) is 5.06. The number of rotatable bonds is 3. The third-order valence-corrected chi connectivity index (χ3v) is 3.60. The Balaban J connectivity index is 1.77. The molecule has 0 atom stereocenters. The summed E-state index contributed by atoms with van der Waals surface area (Å²) in [5.74, 6) is -1.12. The SMILES string of the molecule is Cc1ccc(-c2ccc(C(=O)OC3=CC=C(C#N)C3)c(F)c2)nc1. The highest BCUT2D eigenvalue weighted by molar-refractivity contribution is 5.91. The second kappa shape index (κ2) is 6.47. The van der Waals surface area contributed by atoms with Gasteiger partial charge in [-0.15, -0.1) is 0 Å². The van der Waals surface area contributed by atoms with E-state index in [1.54, 1.807) is 30.5 Å². The highest BCUT2D eigenvalue weighted by Crippen LogP contribution is 2.24. The van der Waals surface area contributed by atoms with E-state index >= 15 is 0 Å². The van der Waals surface area contributed by atoms with Crippen LogP contribution in [0.25, 0.3) is 11.3 Å². The van der Waals surface area contributed by atoms with Gasteiger partial charge < -0.3 is 4.74 Å². The van der Waals surface area contributed by atoms with Crippen LogP contribution >= 0.6 is 0 Å². The van der Waals surface area contributed by atoms with Crippen molar-refractivity contribution in [2.24, 2.45) is 0 Å². The van der Waals surface area contributed by atoms with Gasteiger partial charge in [-0.2, -0.15) is 5.26 Å². The highest BCUT2D eigenvalue weighted by atomic mass is 19.1. The van der Waals surface area contributed by atoms with Gasteiger partial charge in [-0.05, 0) is 42.8 Å². The van der Waals surface area contributed by atoms with Crippen molar-refractivity contribution in [2.45, 2.75) is 13.3 Å². The van der Waals surface area contributed by atoms with Crippen LogP contribution in [0.1, 0.15) is 22.3 Å². The fourth-order valence-corrected chi connectivity index (χ4v) is 2.30. The zero-order valence-electron chi connectivity index (χ0n) is 12.9. The summed E-state index contributed by atoms with van der Waals surface area (Å²) in [7, 11) is 0. The first-order valence-corrected chi connectivity index (χ1v) is 7.31. The summed E-state index contributed by atoms with van der Waals surface area (Å²) in [5, 5.41) is 8.78. The number of aromatic nitrogens is 1. The third kappa shape index (κ3) is 3.23. The molecule has 118 valence electrons. The number of aryl methyl sites for hydroxylation is 1. The lowest BCUT2D eigenvalue weighted by molar-refractivity contribution is 0.0615. The topological polar surface area (TPSA) is 63.0 Å². The molecule has 4 nitrogen and oxygen atoms in total. The van der Waals surface area contributed by atoms with Gasteiger partial charge in [0, 0.05) is 23.8 Å². The minimum Gasteiger partial charge on any atom is -0.427 e. The van der Waals surface area contributed by atoms with Crippen molar-refractivity contribution in [1.29, 1.82) is 5.26 Å². The average molecular weight is 320 g/mol. The van der Waals surface area contributed by atoms with Gasteiger partial charge in [-0.3, -0.25) is 4.98 Å². The summed E-state index contributed by atoms with van der Waals surface area (Å²) in [6, 6.07) is 9.92. The first kappa shape index (κ1) is 15.6. The lowest BCUT2D eigenvalue weighted by Gasteiger charge is -2.08. The molecule has 0 saturated carbocycles. The molecule has 5 heteroatoms. The lowest BCUT2D eigenvalue weighted by atomic mass is 10.1. The second-order valence-electron chi connectivity index (χ2n) is 5.42. The van der Waals surface area contributed by atoms with E-state index in [1.165, 1.54) is 12.1 Å². The Morgan fingerprint density at radius 1 is 1.29 bits per heavy atom. The summed E-state index contributed by atoms with van der Waals surface area (Å²) in [5.41, 5.74) is 2.56. The predicted octanol–water partition coefficient (Wildman–Crippen LogP) is 4.09. The molecule has 0 N–H and O–H groups in total. The summed E-state index contributed by atoms with van der Waals surface area (Å²) in [6.45, 7) is 1.92. The molecule has 0 spiro atoms. The van der Waals surface area contributed by atoms with Gasteiger partial charge in [-0.25, -0.2) is 9.18 Å². The van der Waals surface area contributed by atoms with Crippen LogP contribution in [0.15, 0.2) is 60.0 Å². The van der Waals surface area contributed by atoms with Crippen LogP contribution in [0.2, 0.25) is 0 Å². The Labute approximate surface area is 138 Å². The number of allylic oxidation sites excluding steroid dienone is 3. The molecule has 0 unspecified atom stereocenters. The third-order valence-electron chi connectivity index (χ3n) is 3.60. The Morgan fingerprint density at radius 2 is 2.12 bits per heavy atom. The average Bonchev–Trinajstić information content (AvgIpc) is 3.03. The van der Waals surface area contributed by atoms with Gasteiger partial charge in [0.25, 0.3) is 0 Å². The van der Waals surface area contributed by atoms with Crippen LogP contribution in [0, 0.1) is 24.1 Å². The van der Waals surface area contributed by atoms with Crippen molar-refractivity contribution in [3.05, 3.63) is 77.0 Å². The molecule has 1 aromatic heterocycles. The fourth-order valence-electron chi connectivity index (χ4n) is 2.30. The van der Waals surface area contributed by atoms with Crippen molar-refractivity contribution in [1.82, 2.24) is 4.98 Å². The van der Waals surface area contributed by atoms with Gasteiger partial charge in [0.1, 0.15) is 11.6 Å². The molecule has 3 rings (SSSR count). The molecule has 1 aliphatic rings. The molecule has 0 saturated heterocycles. The highest BCUT2D eigenvalue weighted by Gasteiger charge is 2.18. The largest absolute Gasteiger partial charge is 0.427 e. The van der Waals surface area contributed by atoms with Gasteiger partial charge in [0.2, 0.25) is 0 Å². The number of ether oxygens (including phenoxy) is 1. The number of esters is 1. The number of pyridine rings is 1. The lowest BCUT2D eigenvalue weighted by Crippen LogP contribution is -2.07. The molecule has 2 aromatic rings. The Kier molecular flexibility index (Phi) is 4.21. The normalized spacial score (nSPS) is 13.0. The van der Waals surface area contributed by atoms with Crippen LogP contribution in [-0.2, 0) is 4.74 Å². The van der Waals surface area contributed by atoms with Crippen molar-refractivity contribution in [3.63, 3.8) is 0 Å². The zero-order valence-corrected chi connectivity index (χ0v) is 12.9. The molecule has 1 aromatic carbocycles. The van der Waals surface area contributed by atoms with Crippen LogP contribution in [0.5, 0.6) is 0 Å². The first-order valence-electron chi connectivity index (χ1n) is 7.31. The molecule has 0 amide bonds. The summed E-state index contributed by atoms with van der Waals surface area (Å²) in [4.78, 5) is 16.3. The maximum atomic E-state index is 14.3. The van der Waals surface area contributed by atoms with Crippen LogP contribution in [0.4, 0.5) is 4.39 Å². The van der Waals surface area contributed by atoms with Gasteiger partial charge in [-0.1, -0.05) is 12.1 Å². The van der Waals surface area contributed by atoms with Crippen molar-refractivity contribution in [2.75, 3.05) is 0 Å². The van der Waals surface area contributed by atoms with E-state index in [4.69, 9.17) is 10.00 Å². The molecule has 0 radical (unpaired) electrons. The maximum Gasteiger partial charge on any atom is 0.346 e. The van der Waals surface area contributed by atoms with Crippen LogP contribution in [0.3, 0.4) is 0 Å². The Bertz CT molecular complexity index is 906. The van der Waals surface area contributed by atoms with Gasteiger partial charge >= 0.3 is 5.97 Å². The Morgan fingerprint density at radius 3 is 2.75 bits per heavy atom. The van der Waals surface area contributed by atoms with E-state index in [9.17, 15) is 9.18 Å². The molecule has 0 bridgehead atoms. The quantitative estimate of drug-likeness (QED) is 0.799. The van der Waals surface area contributed by atoms with E-state index in [0.29, 0.717) is 22.6 Å². The smallest absolute Gasteiger partial charge is 0.346 e. The molecule has 1 aliphatic carbocycles. The molecule has 24 heavy (non-hydrogen) atoms. The number of nitrogens with zero attached hydrogens (tertiary/aromatic N) is 2. The fraction of sp³-hybridized carbons (Fsp3) is 0.105. The van der Waals surface area contributed by atoms with E-state index < -0.39 is 11.8 Å². The number of benzene rings is 1. The minimum absolute atomic E-state index is 0.155. The Hall–Kier alpha value is -3.26. The minimum atomic E-state index is -0.783. The van der Waals surface area contributed by atoms with Crippen LogP contribution < -0.4 is 0 Å². The first-order chi connectivity index (χ1) is 11.6. The summed E-state index contributed by atoms with van der Waals surface area (Å²) >= 11 is 0. The van der Waals surface area contributed by atoms with Crippen molar-refractivity contribution in [3.8, 4) is 17.3 Å². The number of hydrogen-bond donors (Lipinski definition) is 0. The van der Waals surface area contributed by atoms with Gasteiger partial charge in [0.15, 0.2) is 0 Å². The molecule has 0 fully saturated rings. The number of halogens is 1. The van der Waals surface area contributed by atoms with Crippen LogP contribution in [-0.4, -0.2) is 11.0 Å². The number of carbonyl (C=O) groups excluding carboxylic acids is 1. The molecule has 1 heterocycles. The standard InChI is InChI=1S/C19H13FN2O2/c1-12-2-7-18(22-11-12)14-4-6-16(17(20)9-14)19(23)24-15-5-3-13(8-15)10-21/h2-7,9,11H,8H2,1H3. The molecular weight excluding hydrogens is 307 g/mol. The van der Waals surface area contributed by atoms with E-state index in [-0.39, 0.29) is 12.0 Å². The second-order valence-corrected chi connectivity index (χ2v) is 5.42. The van der Waals surface area contributed by atoms with Gasteiger partial charge in [0.05, 0.1) is 17.3 Å². The van der Waals surface area contributed by atoms with Crippen molar-refractivity contribution >= 4 is 5.97 Å². The van der Waals surface area contributed by atoms with E-state index in [1.807, 2.05) is 19.1 Å². The number of carbonyl (C=O) groups is 1. The monoisotopic (exact) mass is 320 g/mol. The summed E-state index contributed by atoms with van der Waals surface area (Å²) < 4.78 is 19.4. The number of hydrogen-bond acceptors (Lipinski definition) is 4. The molecular formula is C19H13FN2O2. The zero-order chi connectivity index (χ0) is 17.1. The van der Waals surface area contributed by atoms with E-state index in [2.05, 4.69) is 4.98 Å².